The summed E-state index contributed by atoms with van der Waals surface area (Å²) in [7, 11) is 1.37. The smallest absolute Gasteiger partial charge is 0.263 e. The van der Waals surface area contributed by atoms with Crippen molar-refractivity contribution in [3.63, 3.8) is 0 Å². The van der Waals surface area contributed by atoms with E-state index < -0.39 is 9.05 Å². The molecule has 19 heavy (non-hydrogen) atoms. The molecule has 4 nitrogen and oxygen atoms in total. The Labute approximate surface area is 129 Å². The van der Waals surface area contributed by atoms with Gasteiger partial charge in [-0.2, -0.15) is 0 Å². The Morgan fingerprint density at radius 2 is 1.74 bits per heavy atom. The average molecular weight is 343 g/mol. The molecule has 0 aliphatic heterocycles. The number of hydrogen-bond donors (Lipinski definition) is 4. The third-order valence-electron chi connectivity index (χ3n) is 1.95. The van der Waals surface area contributed by atoms with Crippen molar-refractivity contribution in [1.29, 1.82) is 5.41 Å². The summed E-state index contributed by atoms with van der Waals surface area (Å²) in [6.45, 7) is 7.26. The van der Waals surface area contributed by atoms with Gasteiger partial charge in [-0.25, -0.2) is 8.42 Å². The van der Waals surface area contributed by atoms with Crippen LogP contribution >= 0.6 is 34.0 Å². The number of nitrogen functional groups attached to an aromatic ring is 1. The topological polar surface area (TPSA) is 84.0 Å². The van der Waals surface area contributed by atoms with Gasteiger partial charge in [-0.15, -0.1) is 23.3 Å². The van der Waals surface area contributed by atoms with E-state index in [1.165, 1.54) is 13.0 Å². The molecule has 0 saturated carbocycles. The van der Waals surface area contributed by atoms with Crippen LogP contribution in [-0.4, -0.2) is 14.1 Å². The first-order valence-electron chi connectivity index (χ1n) is 5.34. The van der Waals surface area contributed by atoms with Crippen molar-refractivity contribution >= 4 is 54.5 Å². The van der Waals surface area contributed by atoms with Gasteiger partial charge in [0.25, 0.3) is 9.05 Å². The van der Waals surface area contributed by atoms with Crippen molar-refractivity contribution in [2.75, 3.05) is 5.73 Å². The van der Waals surface area contributed by atoms with Crippen molar-refractivity contribution < 1.29 is 8.42 Å². The summed E-state index contributed by atoms with van der Waals surface area (Å²) in [6.07, 6.45) is 0. The molecule has 1 rings (SSSR count). The van der Waals surface area contributed by atoms with Crippen LogP contribution in [-0.2, 0) is 9.05 Å². The van der Waals surface area contributed by atoms with E-state index in [-0.39, 0.29) is 16.3 Å². The summed E-state index contributed by atoms with van der Waals surface area (Å²) >= 11 is 6.44. The normalized spacial score (nSPS) is 9.63. The second kappa shape index (κ2) is 9.52. The van der Waals surface area contributed by atoms with Gasteiger partial charge in [-0.1, -0.05) is 13.8 Å². The maximum absolute atomic E-state index is 11.2. The number of rotatable bonds is 2. The van der Waals surface area contributed by atoms with Gasteiger partial charge in [-0.3, -0.25) is 0 Å². The van der Waals surface area contributed by atoms with E-state index in [2.05, 4.69) is 23.3 Å². The van der Waals surface area contributed by atoms with Crippen LogP contribution in [0.4, 0.5) is 5.69 Å². The number of nitrogens with two attached hydrogens (primary N) is 1. The second-order valence-electron chi connectivity index (χ2n) is 3.29. The molecule has 0 amide bonds. The third-order valence-corrected chi connectivity index (χ3v) is 3.31. The number of hydrogen-bond acceptors (Lipinski definition) is 6. The number of nitrogens with one attached hydrogen (secondary N) is 1. The van der Waals surface area contributed by atoms with Crippen LogP contribution in [0.3, 0.4) is 0 Å². The average Bonchev–Trinajstić information content (AvgIpc) is 2.35. The van der Waals surface area contributed by atoms with E-state index in [0.717, 1.165) is 0 Å². The molecule has 0 bridgehead atoms. The highest BCUT2D eigenvalue weighted by Crippen LogP contribution is 2.27. The zero-order valence-electron chi connectivity index (χ0n) is 11.2. The summed E-state index contributed by atoms with van der Waals surface area (Å²) in [6, 6.07) is 3.05. The van der Waals surface area contributed by atoms with E-state index in [4.69, 9.17) is 21.8 Å². The maximum Gasteiger partial charge on any atom is 0.263 e. The Morgan fingerprint density at radius 1 is 1.32 bits per heavy atom. The number of anilines is 1. The zero-order valence-corrected chi connectivity index (χ0v) is 14.6. The fourth-order valence-corrected chi connectivity index (χ4v) is 2.36. The van der Waals surface area contributed by atoms with Crippen molar-refractivity contribution in [2.24, 2.45) is 0 Å². The van der Waals surface area contributed by atoms with Gasteiger partial charge in [0.2, 0.25) is 0 Å². The summed E-state index contributed by atoms with van der Waals surface area (Å²) in [4.78, 5) is -0.134. The summed E-state index contributed by atoms with van der Waals surface area (Å²) in [5, 5.41) is 7.46. The van der Waals surface area contributed by atoms with Gasteiger partial charge in [0.1, 0.15) is 4.90 Å². The summed E-state index contributed by atoms with van der Waals surface area (Å²) in [5.74, 6) is 0. The molecule has 0 aromatic heterocycles. The molecule has 0 fully saturated rings. The molecular formula is C11H19ClN2O2S3. The molecule has 8 heteroatoms. The first-order valence-corrected chi connectivity index (χ1v) is 9.24. The lowest BCUT2D eigenvalue weighted by Gasteiger charge is -2.09. The van der Waals surface area contributed by atoms with Crippen LogP contribution in [0.15, 0.2) is 17.0 Å². The van der Waals surface area contributed by atoms with Gasteiger partial charge in [0, 0.05) is 22.0 Å². The van der Waals surface area contributed by atoms with Gasteiger partial charge >= 0.3 is 0 Å². The quantitative estimate of drug-likeness (QED) is 0.217. The Balaban J connectivity index is 0. The maximum atomic E-state index is 11.2. The first-order chi connectivity index (χ1) is 8.73. The molecule has 0 radical (unpaired) electrons. The van der Waals surface area contributed by atoms with E-state index in [0.29, 0.717) is 11.1 Å². The van der Waals surface area contributed by atoms with Crippen LogP contribution in [0.1, 0.15) is 31.9 Å². The van der Waals surface area contributed by atoms with Crippen LogP contribution in [0, 0.1) is 12.3 Å². The first kappa shape index (κ1) is 20.9. The molecule has 1 aromatic carbocycles. The highest BCUT2D eigenvalue weighted by atomic mass is 35.7. The number of aryl methyl sites for hydroxylation is 1. The lowest BCUT2D eigenvalue weighted by molar-refractivity contribution is 0.610. The molecular weight excluding hydrogens is 324 g/mol. The molecule has 0 spiro atoms. The SMILES string of the molecule is CC.CC(=N)c1cc(C)cc(S(=O)(=O)Cl)c1N.SS. The van der Waals surface area contributed by atoms with E-state index in [1.807, 2.05) is 13.8 Å². The molecule has 0 aliphatic rings. The van der Waals surface area contributed by atoms with Gasteiger partial charge in [-0.05, 0) is 31.5 Å². The fourth-order valence-electron chi connectivity index (χ4n) is 1.28. The molecule has 3 N–H and O–H groups in total. The lowest BCUT2D eigenvalue weighted by Crippen LogP contribution is -2.06. The van der Waals surface area contributed by atoms with Crippen molar-refractivity contribution in [3.05, 3.63) is 23.3 Å². The Morgan fingerprint density at radius 3 is 2.05 bits per heavy atom. The minimum absolute atomic E-state index is 0.0306. The zero-order chi connectivity index (χ0) is 15.8. The Kier molecular flexibility index (Phi) is 10.5. The molecule has 110 valence electrons. The second-order valence-corrected chi connectivity index (χ2v) is 5.82. The highest BCUT2D eigenvalue weighted by Gasteiger charge is 2.18. The molecule has 0 atom stereocenters. The minimum Gasteiger partial charge on any atom is -0.397 e. The highest BCUT2D eigenvalue weighted by molar-refractivity contribution is 8.59. The van der Waals surface area contributed by atoms with Crippen molar-refractivity contribution in [3.8, 4) is 0 Å². The predicted molar refractivity (Wildman–Crippen MR) is 90.5 cm³/mol. The third kappa shape index (κ3) is 6.56. The molecule has 0 unspecified atom stereocenters. The van der Waals surface area contributed by atoms with Crippen molar-refractivity contribution in [1.82, 2.24) is 0 Å². The van der Waals surface area contributed by atoms with Crippen LogP contribution in [0.5, 0.6) is 0 Å². The minimum atomic E-state index is -3.86. The summed E-state index contributed by atoms with van der Waals surface area (Å²) < 4.78 is 22.4. The predicted octanol–water partition coefficient (Wildman–Crippen LogP) is 3.68. The van der Waals surface area contributed by atoms with E-state index >= 15 is 0 Å². The van der Waals surface area contributed by atoms with E-state index in [9.17, 15) is 8.42 Å². The molecule has 1 aromatic rings. The number of halogens is 1. The number of thiol groups is 2. The Hall–Kier alpha value is -0.370. The molecule has 0 heterocycles. The van der Waals surface area contributed by atoms with Gasteiger partial charge < -0.3 is 11.1 Å². The van der Waals surface area contributed by atoms with E-state index in [1.54, 1.807) is 13.0 Å². The van der Waals surface area contributed by atoms with Crippen LogP contribution in [0.25, 0.3) is 0 Å². The lowest BCUT2D eigenvalue weighted by atomic mass is 10.1. The number of benzene rings is 1. The summed E-state index contributed by atoms with van der Waals surface area (Å²) in [5.41, 5.74) is 6.97. The van der Waals surface area contributed by atoms with Crippen molar-refractivity contribution in [2.45, 2.75) is 32.6 Å². The van der Waals surface area contributed by atoms with Crippen LogP contribution in [0.2, 0.25) is 0 Å². The van der Waals surface area contributed by atoms with Gasteiger partial charge in [0.05, 0.1) is 5.69 Å². The van der Waals surface area contributed by atoms with Crippen LogP contribution < -0.4 is 5.73 Å². The monoisotopic (exact) mass is 342 g/mol. The fraction of sp³-hybridized carbons (Fsp3) is 0.364. The Bertz CT molecular complexity index is 531. The largest absolute Gasteiger partial charge is 0.397 e. The molecule has 0 saturated heterocycles. The van der Waals surface area contributed by atoms with Gasteiger partial charge in [0.15, 0.2) is 0 Å². The molecule has 0 aliphatic carbocycles. The standard InChI is InChI=1S/C9H11ClN2O2S.C2H6.H2S2/c1-5-3-7(6(2)11)9(12)8(4-5)15(10,13)14;2*1-2/h3-4,11H,12H2,1-2H3;1-2H3;1-2H.